The van der Waals surface area contributed by atoms with E-state index in [4.69, 9.17) is 0 Å². The van der Waals surface area contributed by atoms with Crippen LogP contribution in [0.15, 0.2) is 30.3 Å². The van der Waals surface area contributed by atoms with Gasteiger partial charge in [-0.1, -0.05) is 12.1 Å². The fraction of sp³-hybridized carbons (Fsp3) is 0.308. The number of rotatable bonds is 5. The minimum absolute atomic E-state index is 0.116. The van der Waals surface area contributed by atoms with E-state index in [2.05, 4.69) is 9.47 Å². The number of hydrogen-bond acceptors (Lipinski definition) is 3. The van der Waals surface area contributed by atoms with Gasteiger partial charge in [0.25, 0.3) is 0 Å². The number of ether oxygens (including phenoxy) is 2. The Morgan fingerprint density at radius 1 is 1.26 bits per heavy atom. The Kier molecular flexibility index (Phi) is 5.41. The monoisotopic (exact) mass is 274 g/mol. The predicted octanol–water partition coefficient (Wildman–Crippen LogP) is 3.20. The molecular weight excluding hydrogens is 261 g/mol. The molecule has 3 nitrogen and oxygen atoms in total. The molecule has 0 heterocycles. The molecule has 19 heavy (non-hydrogen) atoms. The lowest BCUT2D eigenvalue weighted by Gasteiger charge is -2.08. The van der Waals surface area contributed by atoms with Crippen molar-refractivity contribution in [3.05, 3.63) is 35.9 Å². The summed E-state index contributed by atoms with van der Waals surface area (Å²) in [7, 11) is 0. The van der Waals surface area contributed by atoms with E-state index in [1.54, 1.807) is 19.1 Å². The zero-order valence-corrected chi connectivity index (χ0v) is 10.2. The highest BCUT2D eigenvalue weighted by Gasteiger charge is 2.28. The van der Waals surface area contributed by atoms with Crippen LogP contribution in [-0.2, 0) is 9.53 Å². The van der Waals surface area contributed by atoms with E-state index in [1.165, 1.54) is 24.3 Å². The van der Waals surface area contributed by atoms with E-state index in [9.17, 15) is 18.0 Å². The topological polar surface area (TPSA) is 35.5 Å². The highest BCUT2D eigenvalue weighted by atomic mass is 19.4. The smallest absolute Gasteiger partial charge is 0.422 e. The number of esters is 1. The number of carbonyl (C=O) groups is 1. The first-order valence-corrected chi connectivity index (χ1v) is 5.55. The molecule has 0 spiro atoms. The molecule has 0 aliphatic rings. The van der Waals surface area contributed by atoms with Gasteiger partial charge in [0.15, 0.2) is 6.61 Å². The summed E-state index contributed by atoms with van der Waals surface area (Å²) < 4.78 is 45.0. The van der Waals surface area contributed by atoms with Gasteiger partial charge in [-0.25, -0.2) is 4.79 Å². The normalized spacial score (nSPS) is 11.6. The van der Waals surface area contributed by atoms with Crippen molar-refractivity contribution in [2.24, 2.45) is 0 Å². The van der Waals surface area contributed by atoms with E-state index in [0.29, 0.717) is 5.56 Å². The summed E-state index contributed by atoms with van der Waals surface area (Å²) in [6.45, 7) is 0.650. The van der Waals surface area contributed by atoms with Crippen molar-refractivity contribution in [3.8, 4) is 5.75 Å². The lowest BCUT2D eigenvalue weighted by Crippen LogP contribution is -2.19. The quantitative estimate of drug-likeness (QED) is 0.611. The minimum atomic E-state index is -4.36. The molecule has 0 aliphatic carbocycles. The summed E-state index contributed by atoms with van der Waals surface area (Å²) in [4.78, 5) is 11.0. The van der Waals surface area contributed by atoms with Gasteiger partial charge in [0, 0.05) is 6.08 Å². The summed E-state index contributed by atoms with van der Waals surface area (Å²) in [6.07, 6.45) is -1.61. The van der Waals surface area contributed by atoms with E-state index in [0.717, 1.165) is 0 Å². The molecule has 0 aliphatic heterocycles. The Hall–Kier alpha value is -1.98. The zero-order chi connectivity index (χ0) is 14.3. The average Bonchev–Trinajstić information content (AvgIpc) is 2.34. The zero-order valence-electron chi connectivity index (χ0n) is 10.2. The van der Waals surface area contributed by atoms with E-state index < -0.39 is 18.8 Å². The van der Waals surface area contributed by atoms with Crippen LogP contribution in [0, 0.1) is 0 Å². The molecule has 0 saturated heterocycles. The van der Waals surface area contributed by atoms with Gasteiger partial charge in [-0.3, -0.25) is 0 Å². The Labute approximate surface area is 108 Å². The second-order valence-corrected chi connectivity index (χ2v) is 3.56. The highest BCUT2D eigenvalue weighted by molar-refractivity contribution is 5.87. The predicted molar refractivity (Wildman–Crippen MR) is 63.7 cm³/mol. The standard InChI is InChI=1S/C13H13F3O3/c1-2-18-12(17)8-5-10-3-6-11(7-4-10)19-9-13(14,15)16/h3-8H,2,9H2,1H3. The molecule has 0 N–H and O–H groups in total. The largest absolute Gasteiger partial charge is 0.484 e. The maximum Gasteiger partial charge on any atom is 0.422 e. The summed E-state index contributed by atoms with van der Waals surface area (Å²) in [6, 6.07) is 5.88. The minimum Gasteiger partial charge on any atom is -0.484 e. The van der Waals surface area contributed by atoms with Crippen LogP contribution >= 0.6 is 0 Å². The van der Waals surface area contributed by atoms with Gasteiger partial charge in [-0.15, -0.1) is 0 Å². The van der Waals surface area contributed by atoms with Crippen molar-refractivity contribution < 1.29 is 27.4 Å². The van der Waals surface area contributed by atoms with Gasteiger partial charge in [0.2, 0.25) is 0 Å². The SMILES string of the molecule is CCOC(=O)C=Cc1ccc(OCC(F)(F)F)cc1. The lowest BCUT2D eigenvalue weighted by molar-refractivity contribution is -0.153. The Bertz CT molecular complexity index is 435. The number of halogens is 3. The van der Waals surface area contributed by atoms with Crippen molar-refractivity contribution in [2.75, 3.05) is 13.2 Å². The van der Waals surface area contributed by atoms with Crippen LogP contribution in [0.1, 0.15) is 12.5 Å². The first kappa shape index (κ1) is 15.1. The van der Waals surface area contributed by atoms with Gasteiger partial charge >= 0.3 is 12.1 Å². The van der Waals surface area contributed by atoms with Crippen LogP contribution < -0.4 is 4.74 Å². The number of benzene rings is 1. The van der Waals surface area contributed by atoms with Gasteiger partial charge in [0.05, 0.1) is 6.61 Å². The first-order valence-electron chi connectivity index (χ1n) is 5.55. The van der Waals surface area contributed by atoms with Crippen LogP contribution in [0.5, 0.6) is 5.75 Å². The Morgan fingerprint density at radius 3 is 2.42 bits per heavy atom. The average molecular weight is 274 g/mol. The molecule has 1 aromatic carbocycles. The molecule has 6 heteroatoms. The summed E-state index contributed by atoms with van der Waals surface area (Å²) in [5, 5.41) is 0. The van der Waals surface area contributed by atoms with Crippen LogP contribution in [0.3, 0.4) is 0 Å². The molecule has 1 aromatic rings. The molecule has 104 valence electrons. The van der Waals surface area contributed by atoms with Crippen LogP contribution in [-0.4, -0.2) is 25.4 Å². The summed E-state index contributed by atoms with van der Waals surface area (Å²) in [5.74, 6) is -0.356. The fourth-order valence-corrected chi connectivity index (χ4v) is 1.19. The molecule has 0 fully saturated rings. The van der Waals surface area contributed by atoms with Crippen LogP contribution in [0.25, 0.3) is 6.08 Å². The van der Waals surface area contributed by atoms with E-state index >= 15 is 0 Å². The Balaban J connectivity index is 2.54. The lowest BCUT2D eigenvalue weighted by atomic mass is 10.2. The molecular formula is C13H13F3O3. The molecule has 0 saturated carbocycles. The molecule has 0 bridgehead atoms. The van der Waals surface area contributed by atoms with Gasteiger partial charge in [-0.05, 0) is 30.7 Å². The third-order valence-corrected chi connectivity index (χ3v) is 1.98. The molecule has 0 unspecified atom stereocenters. The molecule has 0 atom stereocenters. The third-order valence-electron chi connectivity index (χ3n) is 1.98. The Morgan fingerprint density at radius 2 is 1.89 bits per heavy atom. The van der Waals surface area contributed by atoms with Crippen molar-refractivity contribution in [1.29, 1.82) is 0 Å². The molecule has 0 aromatic heterocycles. The maximum absolute atomic E-state index is 11.9. The summed E-state index contributed by atoms with van der Waals surface area (Å²) in [5.41, 5.74) is 0.660. The van der Waals surface area contributed by atoms with E-state index in [-0.39, 0.29) is 12.4 Å². The number of hydrogen-bond donors (Lipinski definition) is 0. The van der Waals surface area contributed by atoms with Crippen LogP contribution in [0.4, 0.5) is 13.2 Å². The second kappa shape index (κ2) is 6.82. The molecule has 0 radical (unpaired) electrons. The van der Waals surface area contributed by atoms with Crippen molar-refractivity contribution >= 4 is 12.0 Å². The maximum atomic E-state index is 11.9. The summed E-state index contributed by atoms with van der Waals surface area (Å²) >= 11 is 0. The van der Waals surface area contributed by atoms with Crippen molar-refractivity contribution in [3.63, 3.8) is 0 Å². The second-order valence-electron chi connectivity index (χ2n) is 3.56. The third kappa shape index (κ3) is 6.49. The van der Waals surface area contributed by atoms with Gasteiger partial charge in [0.1, 0.15) is 5.75 Å². The first-order chi connectivity index (χ1) is 8.90. The van der Waals surface area contributed by atoms with Crippen molar-refractivity contribution in [1.82, 2.24) is 0 Å². The number of carbonyl (C=O) groups excluding carboxylic acids is 1. The number of alkyl halides is 3. The highest BCUT2D eigenvalue weighted by Crippen LogP contribution is 2.19. The van der Waals surface area contributed by atoms with E-state index in [1.807, 2.05) is 0 Å². The van der Waals surface area contributed by atoms with Crippen LogP contribution in [0.2, 0.25) is 0 Å². The molecule has 1 rings (SSSR count). The fourth-order valence-electron chi connectivity index (χ4n) is 1.19. The van der Waals surface area contributed by atoms with Crippen molar-refractivity contribution in [2.45, 2.75) is 13.1 Å². The van der Waals surface area contributed by atoms with Gasteiger partial charge in [-0.2, -0.15) is 13.2 Å². The van der Waals surface area contributed by atoms with Gasteiger partial charge < -0.3 is 9.47 Å². The molecule has 0 amide bonds.